The summed E-state index contributed by atoms with van der Waals surface area (Å²) in [6.45, 7) is 13.6. The van der Waals surface area contributed by atoms with E-state index in [2.05, 4.69) is 53.0 Å². The van der Waals surface area contributed by atoms with Gasteiger partial charge >= 0.3 is 0 Å². The summed E-state index contributed by atoms with van der Waals surface area (Å²) in [6.07, 6.45) is 0. The van der Waals surface area contributed by atoms with Crippen LogP contribution in [0.25, 0.3) is 10.8 Å². The summed E-state index contributed by atoms with van der Waals surface area (Å²) < 4.78 is 14.5. The van der Waals surface area contributed by atoms with E-state index >= 15 is 0 Å². The number of anilines is 1. The van der Waals surface area contributed by atoms with Gasteiger partial charge in [-0.25, -0.2) is 4.39 Å². The lowest BCUT2D eigenvalue weighted by Crippen LogP contribution is -2.43. The first-order chi connectivity index (χ1) is 11.2. The average Bonchev–Trinajstić information content (AvgIpc) is 2.48. The lowest BCUT2D eigenvalue weighted by atomic mass is 10.0. The van der Waals surface area contributed by atoms with Gasteiger partial charge in [0.1, 0.15) is 13.9 Å². The number of nitrogens with two attached hydrogens (primary N) is 1. The predicted octanol–water partition coefficient (Wildman–Crippen LogP) is 6.13. The summed E-state index contributed by atoms with van der Waals surface area (Å²) in [5.74, 6) is 3.01. The van der Waals surface area contributed by atoms with E-state index in [4.69, 9.17) is 5.73 Å². The number of fused-ring (bicyclic) bond motifs is 1. The summed E-state index contributed by atoms with van der Waals surface area (Å²) in [5.41, 5.74) is 12.2. The minimum absolute atomic E-state index is 0.251. The monoisotopic (exact) mass is 341 g/mol. The molecule has 0 atom stereocenters. The number of hydrogen-bond acceptors (Lipinski definition) is 1. The smallest absolute Gasteiger partial charge is 0.146 e. The molecule has 0 amide bonds. The Balaban J connectivity index is 2.69. The second-order valence-electron chi connectivity index (χ2n) is 7.55. The standard InChI is InChI=1S/C21H28FNSi/c1-14(2)24(15(3)4,16(5)6)12-11-20-19-9-8-18(23)13-17(19)7-10-21(20)22/h7-10,13-16H,23H2,1-6H3. The Morgan fingerprint density at radius 2 is 1.50 bits per heavy atom. The van der Waals surface area contributed by atoms with Crippen LogP contribution in [0.15, 0.2) is 30.3 Å². The topological polar surface area (TPSA) is 26.0 Å². The number of nitrogen functional groups attached to an aromatic ring is 1. The van der Waals surface area contributed by atoms with Crippen molar-refractivity contribution in [1.29, 1.82) is 0 Å². The predicted molar refractivity (Wildman–Crippen MR) is 106 cm³/mol. The molecule has 0 bridgehead atoms. The van der Waals surface area contributed by atoms with Gasteiger partial charge < -0.3 is 5.73 Å². The maximum Gasteiger partial charge on any atom is 0.146 e. The molecule has 0 unspecified atom stereocenters. The van der Waals surface area contributed by atoms with Gasteiger partial charge in [0, 0.05) is 11.1 Å². The van der Waals surface area contributed by atoms with Crippen molar-refractivity contribution in [3.8, 4) is 11.5 Å². The molecule has 0 aliphatic carbocycles. The molecular weight excluding hydrogens is 313 g/mol. The van der Waals surface area contributed by atoms with E-state index in [1.165, 1.54) is 6.07 Å². The molecule has 0 aromatic heterocycles. The summed E-state index contributed by atoms with van der Waals surface area (Å²) in [4.78, 5) is 0. The number of hydrogen-bond donors (Lipinski definition) is 1. The van der Waals surface area contributed by atoms with Crippen molar-refractivity contribution in [3.05, 3.63) is 41.7 Å². The van der Waals surface area contributed by atoms with Crippen LogP contribution >= 0.6 is 0 Å². The molecule has 2 N–H and O–H groups in total. The Bertz CT molecular complexity index is 775. The van der Waals surface area contributed by atoms with Gasteiger partial charge in [-0.2, -0.15) is 0 Å². The van der Waals surface area contributed by atoms with Crippen LogP contribution in [0.4, 0.5) is 10.1 Å². The van der Waals surface area contributed by atoms with Crippen LogP contribution < -0.4 is 5.73 Å². The third-order valence-electron chi connectivity index (χ3n) is 5.26. The summed E-state index contributed by atoms with van der Waals surface area (Å²) in [5, 5.41) is 1.78. The maximum absolute atomic E-state index is 14.5. The third kappa shape index (κ3) is 3.21. The minimum atomic E-state index is -1.88. The molecular formula is C21H28FNSi. The van der Waals surface area contributed by atoms with Crippen molar-refractivity contribution < 1.29 is 4.39 Å². The van der Waals surface area contributed by atoms with E-state index in [0.717, 1.165) is 10.8 Å². The van der Waals surface area contributed by atoms with Crippen LogP contribution in [0.2, 0.25) is 16.6 Å². The first kappa shape index (κ1) is 18.5. The zero-order valence-corrected chi connectivity index (χ0v) is 16.6. The zero-order chi connectivity index (χ0) is 18.1. The van der Waals surface area contributed by atoms with Crippen LogP contribution in [-0.4, -0.2) is 8.07 Å². The van der Waals surface area contributed by atoms with E-state index in [0.29, 0.717) is 27.9 Å². The second kappa shape index (κ2) is 6.99. The molecule has 0 saturated heterocycles. The largest absolute Gasteiger partial charge is 0.399 e. The van der Waals surface area contributed by atoms with Crippen LogP contribution in [0.5, 0.6) is 0 Å². The van der Waals surface area contributed by atoms with Crippen molar-refractivity contribution >= 4 is 24.5 Å². The van der Waals surface area contributed by atoms with Crippen LogP contribution in [0.1, 0.15) is 47.1 Å². The Kier molecular flexibility index (Phi) is 5.40. The fourth-order valence-corrected chi connectivity index (χ4v) is 9.26. The lowest BCUT2D eigenvalue weighted by Gasteiger charge is -2.38. The SMILES string of the molecule is CC(C)[Si](C#Cc1c(F)ccc2cc(N)ccc12)(C(C)C)C(C)C. The van der Waals surface area contributed by atoms with E-state index in [-0.39, 0.29) is 5.82 Å². The molecule has 2 aromatic carbocycles. The molecule has 128 valence electrons. The van der Waals surface area contributed by atoms with Crippen molar-refractivity contribution in [2.24, 2.45) is 0 Å². The van der Waals surface area contributed by atoms with Gasteiger partial charge in [0.05, 0.1) is 5.56 Å². The Hall–Kier alpha value is -1.79. The highest BCUT2D eigenvalue weighted by molar-refractivity contribution is 6.90. The first-order valence-electron chi connectivity index (χ1n) is 8.71. The molecule has 0 radical (unpaired) electrons. The van der Waals surface area contributed by atoms with Crippen molar-refractivity contribution in [2.75, 3.05) is 5.73 Å². The van der Waals surface area contributed by atoms with Crippen LogP contribution in [0, 0.1) is 17.3 Å². The van der Waals surface area contributed by atoms with Gasteiger partial charge in [0.2, 0.25) is 0 Å². The Labute approximate surface area is 146 Å². The molecule has 0 saturated carbocycles. The first-order valence-corrected chi connectivity index (χ1v) is 10.9. The summed E-state index contributed by atoms with van der Waals surface area (Å²) in [6, 6.07) is 8.82. The fourth-order valence-electron chi connectivity index (χ4n) is 4.05. The second-order valence-corrected chi connectivity index (χ2v) is 13.1. The fraction of sp³-hybridized carbons (Fsp3) is 0.429. The quantitative estimate of drug-likeness (QED) is 0.405. The van der Waals surface area contributed by atoms with Gasteiger partial charge in [0.25, 0.3) is 0 Å². The van der Waals surface area contributed by atoms with Crippen molar-refractivity contribution in [1.82, 2.24) is 0 Å². The highest BCUT2D eigenvalue weighted by Crippen LogP contribution is 2.41. The minimum Gasteiger partial charge on any atom is -0.399 e. The zero-order valence-electron chi connectivity index (χ0n) is 15.6. The Morgan fingerprint density at radius 3 is 2.04 bits per heavy atom. The normalized spacial score (nSPS) is 12.1. The van der Waals surface area contributed by atoms with E-state index in [9.17, 15) is 4.39 Å². The lowest BCUT2D eigenvalue weighted by molar-refractivity contribution is 0.626. The van der Waals surface area contributed by atoms with E-state index in [1.54, 1.807) is 6.07 Å². The molecule has 3 heteroatoms. The van der Waals surface area contributed by atoms with E-state index < -0.39 is 8.07 Å². The summed E-state index contributed by atoms with van der Waals surface area (Å²) >= 11 is 0. The molecule has 0 aliphatic heterocycles. The Morgan fingerprint density at radius 1 is 0.917 bits per heavy atom. The number of halogens is 1. The van der Waals surface area contributed by atoms with Gasteiger partial charge in [-0.3, -0.25) is 0 Å². The number of benzene rings is 2. The van der Waals surface area contributed by atoms with Gasteiger partial charge in [0.15, 0.2) is 0 Å². The van der Waals surface area contributed by atoms with Gasteiger partial charge in [-0.15, -0.1) is 5.54 Å². The maximum atomic E-state index is 14.5. The molecule has 0 spiro atoms. The van der Waals surface area contributed by atoms with Crippen molar-refractivity contribution in [2.45, 2.75) is 58.2 Å². The highest BCUT2D eigenvalue weighted by atomic mass is 28.3. The molecule has 0 aliphatic rings. The third-order valence-corrected chi connectivity index (χ3v) is 11.6. The van der Waals surface area contributed by atoms with Crippen LogP contribution in [-0.2, 0) is 0 Å². The van der Waals surface area contributed by atoms with Gasteiger partial charge in [-0.1, -0.05) is 59.6 Å². The van der Waals surface area contributed by atoms with Crippen LogP contribution in [0.3, 0.4) is 0 Å². The van der Waals surface area contributed by atoms with Crippen molar-refractivity contribution in [3.63, 3.8) is 0 Å². The molecule has 0 fully saturated rings. The molecule has 2 rings (SSSR count). The average molecular weight is 342 g/mol. The number of rotatable bonds is 3. The van der Waals surface area contributed by atoms with Gasteiger partial charge in [-0.05, 0) is 40.2 Å². The molecule has 0 heterocycles. The highest BCUT2D eigenvalue weighted by Gasteiger charge is 2.41. The molecule has 2 aromatic rings. The molecule has 24 heavy (non-hydrogen) atoms. The van der Waals surface area contributed by atoms with E-state index in [1.807, 2.05) is 18.2 Å². The summed E-state index contributed by atoms with van der Waals surface area (Å²) in [7, 11) is -1.88. The molecule has 1 nitrogen and oxygen atoms in total.